The molecule has 2 unspecified atom stereocenters. The highest BCUT2D eigenvalue weighted by molar-refractivity contribution is 6.02. The number of nitrogens with one attached hydrogen (secondary N) is 1. The van der Waals surface area contributed by atoms with Gasteiger partial charge in [-0.05, 0) is 19.1 Å². The number of ether oxygens (including phenoxy) is 1. The van der Waals surface area contributed by atoms with Crippen molar-refractivity contribution in [3.63, 3.8) is 0 Å². The molecule has 2 aromatic rings. The Hall–Kier alpha value is -2.56. The van der Waals surface area contributed by atoms with Gasteiger partial charge in [0.15, 0.2) is 17.9 Å². The summed E-state index contributed by atoms with van der Waals surface area (Å²) in [6.45, 7) is 1.51. The maximum atomic E-state index is 14.3. The predicted molar refractivity (Wildman–Crippen MR) is 83.4 cm³/mol. The molecular formula is C15H17FN4O5. The number of carbonyl (C=O) groups is 1. The van der Waals surface area contributed by atoms with Crippen LogP contribution in [0.4, 0.5) is 10.2 Å². The normalized spacial score (nSPS) is 26.0. The lowest BCUT2D eigenvalue weighted by molar-refractivity contribution is -0.0355. The molecule has 1 aliphatic rings. The summed E-state index contributed by atoms with van der Waals surface area (Å²) in [6.07, 6.45) is -2.20. The predicted octanol–water partition coefficient (Wildman–Crippen LogP) is -0.388. The van der Waals surface area contributed by atoms with E-state index in [-0.39, 0.29) is 5.69 Å². The van der Waals surface area contributed by atoms with Crippen molar-refractivity contribution in [3.8, 4) is 0 Å². The Bertz CT molecular complexity index is 864. The molecule has 10 heteroatoms. The van der Waals surface area contributed by atoms with Gasteiger partial charge in [-0.1, -0.05) is 0 Å². The summed E-state index contributed by atoms with van der Waals surface area (Å²) in [6, 6.07) is 3.17. The smallest absolute Gasteiger partial charge is 0.351 e. The number of nitrogens with zero attached hydrogens (tertiary/aromatic N) is 3. The number of rotatable bonds is 3. The number of anilines is 1. The van der Waals surface area contributed by atoms with Crippen molar-refractivity contribution in [1.29, 1.82) is 0 Å². The molecule has 0 radical (unpaired) electrons. The molecule has 1 amide bonds. The molecule has 1 saturated heterocycles. The van der Waals surface area contributed by atoms with Crippen molar-refractivity contribution in [2.24, 2.45) is 7.05 Å². The minimum absolute atomic E-state index is 0.261. The molecule has 134 valence electrons. The van der Waals surface area contributed by atoms with Crippen LogP contribution in [0.3, 0.4) is 0 Å². The number of aryl methyl sites for hydroxylation is 1. The van der Waals surface area contributed by atoms with E-state index in [0.717, 1.165) is 10.8 Å². The highest BCUT2D eigenvalue weighted by Gasteiger charge is 2.42. The van der Waals surface area contributed by atoms with Crippen LogP contribution in [-0.2, 0) is 11.8 Å². The van der Waals surface area contributed by atoms with Gasteiger partial charge in [0.1, 0.15) is 17.9 Å². The second-order valence-corrected chi connectivity index (χ2v) is 5.80. The Morgan fingerprint density at radius 3 is 2.68 bits per heavy atom. The molecule has 2 aromatic heterocycles. The highest BCUT2D eigenvalue weighted by Crippen LogP contribution is 2.28. The minimum atomic E-state index is -1.40. The van der Waals surface area contributed by atoms with E-state index in [1.165, 1.54) is 17.6 Å². The van der Waals surface area contributed by atoms with Crippen LogP contribution in [0, 0.1) is 5.82 Å². The zero-order chi connectivity index (χ0) is 18.3. The zero-order valence-electron chi connectivity index (χ0n) is 13.5. The molecule has 1 aliphatic heterocycles. The van der Waals surface area contributed by atoms with Gasteiger partial charge in [0.2, 0.25) is 0 Å². The average molecular weight is 352 g/mol. The number of aromatic nitrogens is 3. The third-order valence-electron chi connectivity index (χ3n) is 4.07. The van der Waals surface area contributed by atoms with E-state index in [1.54, 1.807) is 19.3 Å². The Morgan fingerprint density at radius 2 is 2.12 bits per heavy atom. The molecule has 3 heterocycles. The van der Waals surface area contributed by atoms with Crippen molar-refractivity contribution in [3.05, 3.63) is 46.5 Å². The highest BCUT2D eigenvalue weighted by atomic mass is 19.1. The number of hydrogen-bond acceptors (Lipinski definition) is 6. The number of hydrogen-bond donors (Lipinski definition) is 3. The van der Waals surface area contributed by atoms with E-state index >= 15 is 0 Å². The van der Waals surface area contributed by atoms with Gasteiger partial charge in [-0.3, -0.25) is 9.36 Å². The molecule has 9 nitrogen and oxygen atoms in total. The average Bonchev–Trinajstić information content (AvgIpc) is 3.09. The van der Waals surface area contributed by atoms with Gasteiger partial charge in [0.05, 0.1) is 12.3 Å². The number of aliphatic hydroxyl groups is 2. The third-order valence-corrected chi connectivity index (χ3v) is 4.07. The lowest BCUT2D eigenvalue weighted by Crippen LogP contribution is -2.36. The maximum absolute atomic E-state index is 14.3. The van der Waals surface area contributed by atoms with E-state index in [2.05, 4.69) is 10.3 Å². The van der Waals surface area contributed by atoms with Crippen molar-refractivity contribution in [1.82, 2.24) is 14.1 Å². The Morgan fingerprint density at radius 1 is 1.40 bits per heavy atom. The lowest BCUT2D eigenvalue weighted by atomic mass is 10.1. The van der Waals surface area contributed by atoms with Crippen LogP contribution in [0.25, 0.3) is 0 Å². The van der Waals surface area contributed by atoms with Crippen molar-refractivity contribution in [2.75, 3.05) is 5.32 Å². The first-order chi connectivity index (χ1) is 11.8. The standard InChI is InChI=1S/C15H17FN4O5/c1-7-10(21)11(22)14(25-7)20-6-8(16)12(18-15(20)24)17-13(23)9-4-3-5-19(9)2/h3-7,10-11,14,21-22H,1-2H3,(H,17,18,23,24)/t7-,10?,11?,14-/m1/s1. The van der Waals surface area contributed by atoms with E-state index in [4.69, 9.17) is 4.74 Å². The van der Waals surface area contributed by atoms with Gasteiger partial charge in [0, 0.05) is 13.2 Å². The molecule has 4 atom stereocenters. The van der Waals surface area contributed by atoms with E-state index in [9.17, 15) is 24.2 Å². The molecule has 3 N–H and O–H groups in total. The summed E-state index contributed by atoms with van der Waals surface area (Å²) in [5.74, 6) is -2.14. The minimum Gasteiger partial charge on any atom is -0.388 e. The topological polar surface area (TPSA) is 119 Å². The number of carbonyl (C=O) groups excluding carboxylic acids is 1. The van der Waals surface area contributed by atoms with Crippen LogP contribution in [-0.4, -0.2) is 48.6 Å². The van der Waals surface area contributed by atoms with Gasteiger partial charge >= 0.3 is 5.69 Å². The zero-order valence-corrected chi connectivity index (χ0v) is 13.5. The number of aliphatic hydroxyl groups excluding tert-OH is 2. The number of amides is 1. The van der Waals surface area contributed by atoms with Gasteiger partial charge in [0.25, 0.3) is 5.91 Å². The third kappa shape index (κ3) is 3.06. The van der Waals surface area contributed by atoms with Crippen LogP contribution >= 0.6 is 0 Å². The summed E-state index contributed by atoms with van der Waals surface area (Å²) in [4.78, 5) is 27.7. The first-order valence-corrected chi connectivity index (χ1v) is 7.52. The second kappa shape index (κ2) is 6.39. The molecule has 1 fully saturated rings. The Balaban J connectivity index is 1.87. The summed E-state index contributed by atoms with van der Waals surface area (Å²) in [5.41, 5.74) is -0.675. The van der Waals surface area contributed by atoms with Crippen LogP contribution < -0.4 is 11.0 Å². The van der Waals surface area contributed by atoms with E-state index in [0.29, 0.717) is 0 Å². The van der Waals surface area contributed by atoms with Crippen molar-refractivity contribution < 1.29 is 24.1 Å². The molecular weight excluding hydrogens is 335 g/mol. The molecule has 0 aliphatic carbocycles. The van der Waals surface area contributed by atoms with E-state index < -0.39 is 47.8 Å². The Kier molecular flexibility index (Phi) is 4.41. The first-order valence-electron chi connectivity index (χ1n) is 7.52. The fraction of sp³-hybridized carbons (Fsp3) is 0.400. The SMILES string of the molecule is C[C@H]1O[C@@H](n2cc(F)c(NC(=O)c3cccn3C)nc2=O)C(O)C1O. The van der Waals surface area contributed by atoms with Crippen LogP contribution in [0.2, 0.25) is 0 Å². The Labute approximate surface area is 141 Å². The molecule has 0 aromatic carbocycles. The fourth-order valence-electron chi connectivity index (χ4n) is 2.64. The molecule has 0 saturated carbocycles. The van der Waals surface area contributed by atoms with E-state index in [1.807, 2.05) is 0 Å². The van der Waals surface area contributed by atoms with Gasteiger partial charge < -0.3 is 24.8 Å². The quantitative estimate of drug-likeness (QED) is 0.692. The summed E-state index contributed by atoms with van der Waals surface area (Å²) < 4.78 is 21.8. The van der Waals surface area contributed by atoms with Crippen LogP contribution in [0.15, 0.2) is 29.3 Å². The van der Waals surface area contributed by atoms with Gasteiger partial charge in [-0.2, -0.15) is 4.98 Å². The van der Waals surface area contributed by atoms with Crippen molar-refractivity contribution in [2.45, 2.75) is 31.5 Å². The maximum Gasteiger partial charge on any atom is 0.351 e. The second-order valence-electron chi connectivity index (χ2n) is 5.80. The monoisotopic (exact) mass is 352 g/mol. The van der Waals surface area contributed by atoms with Crippen LogP contribution in [0.1, 0.15) is 23.6 Å². The van der Waals surface area contributed by atoms with Crippen LogP contribution in [0.5, 0.6) is 0 Å². The summed E-state index contributed by atoms with van der Waals surface area (Å²) >= 11 is 0. The first kappa shape index (κ1) is 17.3. The lowest BCUT2D eigenvalue weighted by Gasteiger charge is -2.17. The van der Waals surface area contributed by atoms with Gasteiger partial charge in [-0.25, -0.2) is 9.18 Å². The fourth-order valence-corrected chi connectivity index (χ4v) is 2.64. The van der Waals surface area contributed by atoms with Gasteiger partial charge in [-0.15, -0.1) is 0 Å². The van der Waals surface area contributed by atoms with Crippen molar-refractivity contribution >= 4 is 11.7 Å². The largest absolute Gasteiger partial charge is 0.388 e. The molecule has 25 heavy (non-hydrogen) atoms. The molecule has 0 spiro atoms. The number of halogens is 1. The molecule has 3 rings (SSSR count). The summed E-state index contributed by atoms with van der Waals surface area (Å²) in [5, 5.41) is 21.8. The molecule has 0 bridgehead atoms. The summed E-state index contributed by atoms with van der Waals surface area (Å²) in [7, 11) is 1.64.